The van der Waals surface area contributed by atoms with Gasteiger partial charge in [0.05, 0.1) is 6.54 Å². The van der Waals surface area contributed by atoms with Crippen molar-refractivity contribution in [3.05, 3.63) is 76.0 Å². The Labute approximate surface area is 185 Å². The molecule has 0 spiro atoms. The van der Waals surface area contributed by atoms with Crippen molar-refractivity contribution in [3.8, 4) is 11.1 Å². The first-order chi connectivity index (χ1) is 14.9. The molecule has 0 bridgehead atoms. The molecular formula is C24H24N2O4S. The number of rotatable bonds is 7. The Morgan fingerprint density at radius 3 is 2.32 bits per heavy atom. The largest absolute Gasteiger partial charge is 0.448 e. The highest BCUT2D eigenvalue weighted by atomic mass is 32.1. The molecule has 1 heterocycles. The van der Waals surface area contributed by atoms with Crippen molar-refractivity contribution in [1.82, 2.24) is 5.32 Å². The fraction of sp³-hybridized carbons (Fsp3) is 0.208. The summed E-state index contributed by atoms with van der Waals surface area (Å²) < 4.78 is 5.34. The molecule has 0 radical (unpaired) electrons. The second-order valence-electron chi connectivity index (χ2n) is 7.11. The average molecular weight is 437 g/mol. The first-order valence-electron chi connectivity index (χ1n) is 9.84. The van der Waals surface area contributed by atoms with Gasteiger partial charge in [-0.3, -0.25) is 9.59 Å². The van der Waals surface area contributed by atoms with Gasteiger partial charge < -0.3 is 15.4 Å². The minimum absolute atomic E-state index is 0.219. The summed E-state index contributed by atoms with van der Waals surface area (Å²) in [5.74, 6) is -1.46. The number of para-hydroxylation sites is 1. The highest BCUT2D eigenvalue weighted by molar-refractivity contribution is 7.12. The normalized spacial score (nSPS) is 11.5. The molecule has 2 amide bonds. The highest BCUT2D eigenvalue weighted by Gasteiger charge is 2.22. The van der Waals surface area contributed by atoms with Crippen LogP contribution in [0, 0.1) is 13.8 Å². The summed E-state index contributed by atoms with van der Waals surface area (Å²) in [6.07, 6.45) is -1.04. The number of ether oxygens (including phenoxy) is 1. The van der Waals surface area contributed by atoms with E-state index < -0.39 is 18.0 Å². The maximum Gasteiger partial charge on any atom is 0.349 e. The highest BCUT2D eigenvalue weighted by Crippen LogP contribution is 2.29. The zero-order valence-corrected chi connectivity index (χ0v) is 18.4. The molecule has 0 saturated heterocycles. The molecule has 3 aromatic rings. The summed E-state index contributed by atoms with van der Waals surface area (Å²) in [6, 6.07) is 17.1. The lowest BCUT2D eigenvalue weighted by atomic mass is 10.1. The Morgan fingerprint density at radius 1 is 0.968 bits per heavy atom. The fourth-order valence-electron chi connectivity index (χ4n) is 3.09. The first kappa shape index (κ1) is 22.2. The third-order valence-electron chi connectivity index (χ3n) is 4.76. The topological polar surface area (TPSA) is 84.5 Å². The van der Waals surface area contributed by atoms with Gasteiger partial charge in [0.1, 0.15) is 4.88 Å². The summed E-state index contributed by atoms with van der Waals surface area (Å²) in [7, 11) is 0. The number of benzene rings is 2. The molecule has 1 aromatic heterocycles. The van der Waals surface area contributed by atoms with Gasteiger partial charge in [0, 0.05) is 11.3 Å². The Balaban J connectivity index is 1.55. The first-order valence-corrected chi connectivity index (χ1v) is 10.7. The number of hydrogen-bond acceptors (Lipinski definition) is 5. The Bertz CT molecular complexity index is 1070. The van der Waals surface area contributed by atoms with Crippen LogP contribution in [0.5, 0.6) is 0 Å². The summed E-state index contributed by atoms with van der Waals surface area (Å²) in [5.41, 5.74) is 4.26. The number of carbonyl (C=O) groups excluding carboxylic acids is 3. The van der Waals surface area contributed by atoms with Gasteiger partial charge in [0.2, 0.25) is 5.91 Å². The Kier molecular flexibility index (Phi) is 7.20. The van der Waals surface area contributed by atoms with E-state index in [2.05, 4.69) is 10.6 Å². The number of nitrogens with one attached hydrogen (secondary N) is 2. The average Bonchev–Trinajstić information content (AvgIpc) is 3.25. The van der Waals surface area contributed by atoms with Crippen LogP contribution >= 0.6 is 11.3 Å². The van der Waals surface area contributed by atoms with Gasteiger partial charge in [0.15, 0.2) is 6.10 Å². The molecule has 0 saturated carbocycles. The maximum absolute atomic E-state index is 12.6. The molecule has 0 unspecified atom stereocenters. The summed E-state index contributed by atoms with van der Waals surface area (Å²) in [4.78, 5) is 37.6. The third-order valence-corrected chi connectivity index (χ3v) is 5.65. The molecule has 6 nitrogen and oxygen atoms in total. The lowest BCUT2D eigenvalue weighted by molar-refractivity contribution is -0.130. The van der Waals surface area contributed by atoms with Crippen molar-refractivity contribution in [1.29, 1.82) is 0 Å². The van der Waals surface area contributed by atoms with Gasteiger partial charge >= 0.3 is 5.97 Å². The molecule has 160 valence electrons. The smallest absolute Gasteiger partial charge is 0.349 e. The SMILES string of the molecule is Cc1cccc(C)c1NC(=O)CNC(=O)[C@@H](C)OC(=O)c1sccc1-c1ccccc1. The molecule has 7 heteroatoms. The van der Waals surface area contributed by atoms with Crippen LogP contribution in [0.15, 0.2) is 60.0 Å². The molecule has 0 fully saturated rings. The van der Waals surface area contributed by atoms with Crippen molar-refractivity contribution in [2.24, 2.45) is 0 Å². The standard InChI is InChI=1S/C24H24N2O4S/c1-15-8-7-9-16(2)21(15)26-20(27)14-25-23(28)17(3)30-24(29)22-19(12-13-31-22)18-10-5-4-6-11-18/h4-13,17H,14H2,1-3H3,(H,25,28)(H,26,27)/t17-/m1/s1. The molecule has 2 aromatic carbocycles. The molecule has 0 aliphatic carbocycles. The van der Waals surface area contributed by atoms with Crippen molar-refractivity contribution >= 4 is 34.8 Å². The van der Waals surface area contributed by atoms with Crippen molar-refractivity contribution in [3.63, 3.8) is 0 Å². The molecule has 1 atom stereocenters. The van der Waals surface area contributed by atoms with Crippen LogP contribution in [-0.2, 0) is 14.3 Å². The van der Waals surface area contributed by atoms with Crippen LogP contribution in [0.3, 0.4) is 0 Å². The van der Waals surface area contributed by atoms with Crippen molar-refractivity contribution in [2.75, 3.05) is 11.9 Å². The van der Waals surface area contributed by atoms with Gasteiger partial charge in [-0.05, 0) is 48.9 Å². The molecule has 2 N–H and O–H groups in total. The minimum Gasteiger partial charge on any atom is -0.448 e. The second kappa shape index (κ2) is 10.0. The third kappa shape index (κ3) is 5.58. The summed E-state index contributed by atoms with van der Waals surface area (Å²) in [6.45, 7) is 5.06. The molecular weight excluding hydrogens is 412 g/mol. The van der Waals surface area contributed by atoms with E-state index in [9.17, 15) is 14.4 Å². The van der Waals surface area contributed by atoms with E-state index in [4.69, 9.17) is 4.74 Å². The number of aryl methyl sites for hydroxylation is 2. The Hall–Kier alpha value is -3.45. The van der Waals surface area contributed by atoms with Gasteiger partial charge in [-0.1, -0.05) is 48.5 Å². The van der Waals surface area contributed by atoms with E-state index in [0.717, 1.165) is 27.9 Å². The maximum atomic E-state index is 12.6. The predicted molar refractivity (Wildman–Crippen MR) is 122 cm³/mol. The fourth-order valence-corrected chi connectivity index (χ4v) is 3.88. The number of carbonyl (C=O) groups is 3. The molecule has 31 heavy (non-hydrogen) atoms. The van der Waals surface area contributed by atoms with Crippen LogP contribution in [0.2, 0.25) is 0 Å². The van der Waals surface area contributed by atoms with Gasteiger partial charge in [-0.25, -0.2) is 4.79 Å². The van der Waals surface area contributed by atoms with E-state index in [-0.39, 0.29) is 12.5 Å². The summed E-state index contributed by atoms with van der Waals surface area (Å²) >= 11 is 1.26. The quantitative estimate of drug-likeness (QED) is 0.540. The molecule has 0 aliphatic rings. The predicted octanol–water partition coefficient (Wildman–Crippen LogP) is 4.33. The molecule has 0 aliphatic heterocycles. The van der Waals surface area contributed by atoms with Crippen LogP contribution in [0.25, 0.3) is 11.1 Å². The van der Waals surface area contributed by atoms with Gasteiger partial charge in [0.25, 0.3) is 5.91 Å². The number of esters is 1. The van der Waals surface area contributed by atoms with Crippen molar-refractivity contribution in [2.45, 2.75) is 26.9 Å². The van der Waals surface area contributed by atoms with Crippen LogP contribution in [-0.4, -0.2) is 30.4 Å². The van der Waals surface area contributed by atoms with E-state index >= 15 is 0 Å². The van der Waals surface area contributed by atoms with Crippen LogP contribution < -0.4 is 10.6 Å². The van der Waals surface area contributed by atoms with E-state index in [1.807, 2.05) is 73.8 Å². The Morgan fingerprint density at radius 2 is 1.65 bits per heavy atom. The van der Waals surface area contributed by atoms with E-state index in [0.29, 0.717) is 4.88 Å². The van der Waals surface area contributed by atoms with E-state index in [1.165, 1.54) is 18.3 Å². The lowest BCUT2D eigenvalue weighted by Gasteiger charge is -2.15. The van der Waals surface area contributed by atoms with Crippen LogP contribution in [0.1, 0.15) is 27.7 Å². The van der Waals surface area contributed by atoms with Crippen molar-refractivity contribution < 1.29 is 19.1 Å². The van der Waals surface area contributed by atoms with Gasteiger partial charge in [-0.15, -0.1) is 11.3 Å². The number of thiophene rings is 1. The monoisotopic (exact) mass is 436 g/mol. The molecule has 3 rings (SSSR count). The summed E-state index contributed by atoms with van der Waals surface area (Å²) in [5, 5.41) is 7.12. The number of anilines is 1. The lowest BCUT2D eigenvalue weighted by Crippen LogP contribution is -2.40. The number of amides is 2. The van der Waals surface area contributed by atoms with Crippen LogP contribution in [0.4, 0.5) is 5.69 Å². The zero-order valence-electron chi connectivity index (χ0n) is 17.6. The van der Waals surface area contributed by atoms with E-state index in [1.54, 1.807) is 0 Å². The van der Waals surface area contributed by atoms with Gasteiger partial charge in [-0.2, -0.15) is 0 Å². The second-order valence-corrected chi connectivity index (χ2v) is 8.03. The minimum atomic E-state index is -1.04. The number of hydrogen-bond donors (Lipinski definition) is 2. The zero-order chi connectivity index (χ0) is 22.4.